The Hall–Kier alpha value is -3.23. The summed E-state index contributed by atoms with van der Waals surface area (Å²) in [5.41, 5.74) is 1.90. The molecule has 0 radical (unpaired) electrons. The molecule has 0 aliphatic heterocycles. The third kappa shape index (κ3) is 3.92. The van der Waals surface area contributed by atoms with E-state index in [1.54, 1.807) is 30.0 Å². The summed E-state index contributed by atoms with van der Waals surface area (Å²) >= 11 is 2.94. The molecule has 0 aliphatic carbocycles. The van der Waals surface area contributed by atoms with E-state index in [-0.39, 0.29) is 11.5 Å². The lowest BCUT2D eigenvalue weighted by Gasteiger charge is -2.08. The standard InChI is InChI=1S/C23H18N4O2S2/c1-15-18-8-2-3-9-20(18)31-21(15)19(28)14-30-23-26-25-22(16-6-4-10-24-12-16)27(23)13-17-7-5-11-29-17/h2-12H,13-14H2,1H3. The van der Waals surface area contributed by atoms with Crippen LogP contribution in [0.4, 0.5) is 0 Å². The number of furan rings is 1. The Kier molecular flexibility index (Phi) is 5.40. The lowest BCUT2D eigenvalue weighted by Crippen LogP contribution is -2.06. The maximum absolute atomic E-state index is 13.0. The van der Waals surface area contributed by atoms with Gasteiger partial charge in [0, 0.05) is 22.7 Å². The van der Waals surface area contributed by atoms with Crippen molar-refractivity contribution in [1.82, 2.24) is 19.7 Å². The number of rotatable bonds is 7. The molecule has 4 aromatic heterocycles. The number of thioether (sulfide) groups is 1. The molecule has 5 rings (SSSR count). The monoisotopic (exact) mass is 446 g/mol. The minimum Gasteiger partial charge on any atom is -0.467 e. The van der Waals surface area contributed by atoms with Gasteiger partial charge in [-0.2, -0.15) is 0 Å². The number of nitrogens with zero attached hydrogens (tertiary/aromatic N) is 4. The molecule has 31 heavy (non-hydrogen) atoms. The van der Waals surface area contributed by atoms with Gasteiger partial charge in [-0.25, -0.2) is 0 Å². The second kappa shape index (κ2) is 8.49. The Morgan fingerprint density at radius 1 is 1.13 bits per heavy atom. The summed E-state index contributed by atoms with van der Waals surface area (Å²) in [7, 11) is 0. The lowest BCUT2D eigenvalue weighted by atomic mass is 10.1. The number of aromatic nitrogens is 4. The number of benzene rings is 1. The highest BCUT2D eigenvalue weighted by molar-refractivity contribution is 7.99. The van der Waals surface area contributed by atoms with Gasteiger partial charge in [-0.05, 0) is 48.2 Å². The van der Waals surface area contributed by atoms with E-state index in [0.717, 1.165) is 31.9 Å². The first kappa shape index (κ1) is 19.7. The number of carbonyl (C=O) groups excluding carboxylic acids is 1. The Morgan fingerprint density at radius 3 is 2.81 bits per heavy atom. The van der Waals surface area contributed by atoms with Crippen molar-refractivity contribution in [3.05, 3.63) is 83.4 Å². The van der Waals surface area contributed by atoms with E-state index in [9.17, 15) is 4.79 Å². The van der Waals surface area contributed by atoms with Crippen molar-refractivity contribution in [2.75, 3.05) is 5.75 Å². The van der Waals surface area contributed by atoms with E-state index in [1.165, 1.54) is 11.8 Å². The van der Waals surface area contributed by atoms with Gasteiger partial charge in [0.05, 0.1) is 23.4 Å². The van der Waals surface area contributed by atoms with Crippen molar-refractivity contribution in [2.45, 2.75) is 18.6 Å². The topological polar surface area (TPSA) is 73.8 Å². The summed E-state index contributed by atoms with van der Waals surface area (Å²) in [6.45, 7) is 2.49. The van der Waals surface area contributed by atoms with Gasteiger partial charge in [0.15, 0.2) is 16.8 Å². The number of pyridine rings is 1. The largest absolute Gasteiger partial charge is 0.467 e. The van der Waals surface area contributed by atoms with Crippen molar-refractivity contribution in [3.8, 4) is 11.4 Å². The van der Waals surface area contributed by atoms with Crippen molar-refractivity contribution in [1.29, 1.82) is 0 Å². The fraction of sp³-hybridized carbons (Fsp3) is 0.130. The second-order valence-electron chi connectivity index (χ2n) is 6.98. The molecule has 154 valence electrons. The van der Waals surface area contributed by atoms with Crippen LogP contribution in [0.2, 0.25) is 0 Å². The molecule has 0 saturated heterocycles. The summed E-state index contributed by atoms with van der Waals surface area (Å²) in [4.78, 5) is 18.0. The van der Waals surface area contributed by atoms with Gasteiger partial charge in [-0.3, -0.25) is 14.3 Å². The van der Waals surface area contributed by atoms with Gasteiger partial charge >= 0.3 is 0 Å². The van der Waals surface area contributed by atoms with Gasteiger partial charge < -0.3 is 4.42 Å². The molecule has 0 fully saturated rings. The first-order valence-electron chi connectivity index (χ1n) is 9.71. The Morgan fingerprint density at radius 2 is 2.03 bits per heavy atom. The number of thiophene rings is 1. The molecule has 0 amide bonds. The minimum absolute atomic E-state index is 0.0965. The van der Waals surface area contributed by atoms with Gasteiger partial charge in [-0.15, -0.1) is 21.5 Å². The van der Waals surface area contributed by atoms with Crippen LogP contribution in [-0.2, 0) is 6.54 Å². The zero-order valence-corrected chi connectivity index (χ0v) is 18.3. The van der Waals surface area contributed by atoms with Crippen molar-refractivity contribution >= 4 is 39.0 Å². The summed E-state index contributed by atoms with van der Waals surface area (Å²) in [5, 5.41) is 10.5. The Balaban J connectivity index is 1.42. The number of ketones is 1. The summed E-state index contributed by atoms with van der Waals surface area (Å²) in [5.74, 6) is 1.87. The number of hydrogen-bond acceptors (Lipinski definition) is 7. The van der Waals surface area contributed by atoms with E-state index in [2.05, 4.69) is 27.3 Å². The zero-order chi connectivity index (χ0) is 21.2. The van der Waals surface area contributed by atoms with Gasteiger partial charge in [-0.1, -0.05) is 30.0 Å². The Labute approximate surface area is 187 Å². The zero-order valence-electron chi connectivity index (χ0n) is 16.7. The molecule has 0 bridgehead atoms. The smallest absolute Gasteiger partial charge is 0.192 e. The van der Waals surface area contributed by atoms with E-state index in [4.69, 9.17) is 4.42 Å². The molecule has 6 nitrogen and oxygen atoms in total. The Bertz CT molecular complexity index is 1340. The van der Waals surface area contributed by atoms with Crippen LogP contribution in [0.25, 0.3) is 21.5 Å². The highest BCUT2D eigenvalue weighted by Crippen LogP contribution is 2.32. The molecule has 0 aliphatic rings. The molecule has 0 N–H and O–H groups in total. The van der Waals surface area contributed by atoms with Crippen LogP contribution >= 0.6 is 23.1 Å². The molecule has 4 heterocycles. The molecular weight excluding hydrogens is 428 g/mol. The molecule has 5 aromatic rings. The first-order valence-corrected chi connectivity index (χ1v) is 11.5. The van der Waals surface area contributed by atoms with Crippen LogP contribution < -0.4 is 0 Å². The predicted molar refractivity (Wildman–Crippen MR) is 123 cm³/mol. The number of Topliss-reactive ketones (excluding diaryl/α,β-unsaturated/α-hetero) is 1. The number of aryl methyl sites for hydroxylation is 1. The molecule has 0 spiro atoms. The van der Waals surface area contributed by atoms with Crippen LogP contribution in [-0.4, -0.2) is 31.3 Å². The van der Waals surface area contributed by atoms with Crippen molar-refractivity contribution in [3.63, 3.8) is 0 Å². The average Bonchev–Trinajstić information content (AvgIpc) is 3.53. The summed E-state index contributed by atoms with van der Waals surface area (Å²) < 4.78 is 8.63. The number of fused-ring (bicyclic) bond motifs is 1. The fourth-order valence-electron chi connectivity index (χ4n) is 3.44. The van der Waals surface area contributed by atoms with E-state index in [1.807, 2.05) is 47.9 Å². The molecule has 0 atom stereocenters. The van der Waals surface area contributed by atoms with Gasteiger partial charge in [0.25, 0.3) is 0 Å². The normalized spacial score (nSPS) is 11.3. The molecular formula is C23H18N4O2S2. The summed E-state index contributed by atoms with van der Waals surface area (Å²) in [6.07, 6.45) is 5.12. The quantitative estimate of drug-likeness (QED) is 0.243. The third-order valence-corrected chi connectivity index (χ3v) is 7.24. The highest BCUT2D eigenvalue weighted by Gasteiger charge is 2.20. The molecule has 8 heteroatoms. The van der Waals surface area contributed by atoms with E-state index >= 15 is 0 Å². The van der Waals surface area contributed by atoms with Crippen LogP contribution in [0, 0.1) is 6.92 Å². The van der Waals surface area contributed by atoms with Crippen LogP contribution in [0.5, 0.6) is 0 Å². The molecule has 0 saturated carbocycles. The maximum Gasteiger partial charge on any atom is 0.192 e. The van der Waals surface area contributed by atoms with Crippen molar-refractivity contribution in [2.24, 2.45) is 0 Å². The average molecular weight is 447 g/mol. The first-order chi connectivity index (χ1) is 15.2. The predicted octanol–water partition coefficient (Wildman–Crippen LogP) is 5.48. The SMILES string of the molecule is Cc1c(C(=O)CSc2nnc(-c3cccnc3)n2Cc2ccco2)sc2ccccc12. The van der Waals surface area contributed by atoms with Gasteiger partial charge in [0.1, 0.15) is 5.76 Å². The molecule has 1 aromatic carbocycles. The number of hydrogen-bond donors (Lipinski definition) is 0. The van der Waals surface area contributed by atoms with Crippen LogP contribution in [0.1, 0.15) is 21.0 Å². The highest BCUT2D eigenvalue weighted by atomic mass is 32.2. The van der Waals surface area contributed by atoms with Crippen molar-refractivity contribution < 1.29 is 9.21 Å². The van der Waals surface area contributed by atoms with Crippen LogP contribution in [0.3, 0.4) is 0 Å². The summed E-state index contributed by atoms with van der Waals surface area (Å²) in [6, 6.07) is 15.7. The fourth-order valence-corrected chi connectivity index (χ4v) is 5.49. The number of carbonyl (C=O) groups is 1. The maximum atomic E-state index is 13.0. The molecule has 0 unspecified atom stereocenters. The van der Waals surface area contributed by atoms with Crippen LogP contribution in [0.15, 0.2) is 76.8 Å². The minimum atomic E-state index is 0.0965. The lowest BCUT2D eigenvalue weighted by molar-refractivity contribution is 0.102. The van der Waals surface area contributed by atoms with E-state index < -0.39 is 0 Å². The third-order valence-electron chi connectivity index (χ3n) is 4.96. The van der Waals surface area contributed by atoms with Gasteiger partial charge in [0.2, 0.25) is 0 Å². The van der Waals surface area contributed by atoms with E-state index in [0.29, 0.717) is 17.5 Å². The second-order valence-corrected chi connectivity index (χ2v) is 8.97.